The molecule has 98 valence electrons. The van der Waals surface area contributed by atoms with Gasteiger partial charge < -0.3 is 0 Å². The maximum absolute atomic E-state index is 12.5. The maximum atomic E-state index is 12.5. The molecule has 0 saturated carbocycles. The molecule has 0 heterocycles. The van der Waals surface area contributed by atoms with E-state index in [-0.39, 0.29) is 6.92 Å². The van der Waals surface area contributed by atoms with Gasteiger partial charge in [-0.15, -0.1) is 0 Å². The number of hydrogen-bond donors (Lipinski definition) is 0. The van der Waals surface area contributed by atoms with Crippen LogP contribution in [0.4, 0.5) is 39.5 Å². The summed E-state index contributed by atoms with van der Waals surface area (Å²) in [6.07, 6.45) is -3.70. The van der Waals surface area contributed by atoms with Crippen molar-refractivity contribution in [3.63, 3.8) is 0 Å². The van der Waals surface area contributed by atoms with Gasteiger partial charge in [-0.2, -0.15) is 35.1 Å². The first-order valence-electron chi connectivity index (χ1n) is 3.54. The summed E-state index contributed by atoms with van der Waals surface area (Å²) in [7, 11) is 0. The van der Waals surface area contributed by atoms with Crippen LogP contribution in [0.1, 0.15) is 6.92 Å². The molecule has 0 aliphatic rings. The van der Waals surface area contributed by atoms with Crippen molar-refractivity contribution in [3.05, 3.63) is 0 Å². The normalized spacial score (nSPS) is 17.4. The first-order valence-corrected chi connectivity index (χ1v) is 4.61. The molecule has 0 nitrogen and oxygen atoms in total. The molecule has 1 atom stereocenters. The summed E-state index contributed by atoms with van der Waals surface area (Å²) >= 11 is -0.411. The van der Waals surface area contributed by atoms with E-state index in [1.54, 1.807) is 0 Å². The molecule has 0 aromatic rings. The fraction of sp³-hybridized carbons (Fsp3) is 1.00. The number of rotatable bonds is 4. The Kier molecular flexibility index (Phi) is 4.11. The van der Waals surface area contributed by atoms with E-state index in [0.717, 1.165) is 0 Å². The van der Waals surface area contributed by atoms with Gasteiger partial charge >= 0.3 is 21.7 Å². The van der Waals surface area contributed by atoms with Gasteiger partial charge in [0.1, 0.15) is 0 Å². The molecule has 0 amide bonds. The Morgan fingerprint density at radius 1 is 0.812 bits per heavy atom. The molecular weight excluding hydrogens is 370 g/mol. The quantitative estimate of drug-likeness (QED) is 0.392. The minimum atomic E-state index is -6.50. The maximum Gasteiger partial charge on any atom is 0.387 e. The minimum absolute atomic E-state index is 0.130. The van der Waals surface area contributed by atoms with Crippen molar-refractivity contribution in [2.24, 2.45) is 0 Å². The molecule has 0 N–H and O–H groups in total. The van der Waals surface area contributed by atoms with Gasteiger partial charge in [-0.25, -0.2) is 4.39 Å². The van der Waals surface area contributed by atoms with E-state index in [4.69, 9.17) is 0 Å². The molecule has 0 rings (SSSR count). The van der Waals surface area contributed by atoms with Crippen molar-refractivity contribution in [2.75, 3.05) is 0 Å². The van der Waals surface area contributed by atoms with E-state index in [9.17, 15) is 39.5 Å². The molecule has 0 spiro atoms. The Morgan fingerprint density at radius 2 is 1.12 bits per heavy atom. The van der Waals surface area contributed by atoms with Crippen LogP contribution in [0.15, 0.2) is 0 Å². The van der Waals surface area contributed by atoms with E-state index in [1.807, 2.05) is 0 Å². The lowest BCUT2D eigenvalue weighted by Gasteiger charge is -2.35. The standard InChI is InChI=1S/C6H4F9I/c1-2(7)3(8,9)4(10,11)5(12,13)6(14,15)16/h2H,1H3. The predicted molar refractivity (Wildman–Crippen MR) is 44.4 cm³/mol. The molecule has 0 aromatic carbocycles. The fourth-order valence-corrected chi connectivity index (χ4v) is 0.976. The summed E-state index contributed by atoms with van der Waals surface area (Å²) < 4.78 is 105. The Labute approximate surface area is 97.3 Å². The van der Waals surface area contributed by atoms with Crippen LogP contribution in [0.3, 0.4) is 0 Å². The summed E-state index contributed by atoms with van der Waals surface area (Å²) in [5.74, 6) is -18.8. The highest BCUT2D eigenvalue weighted by Gasteiger charge is 2.81. The molecule has 0 bridgehead atoms. The van der Waals surface area contributed by atoms with Gasteiger partial charge in [-0.1, -0.05) is 0 Å². The van der Waals surface area contributed by atoms with E-state index in [1.165, 1.54) is 0 Å². The SMILES string of the molecule is CC(F)C(F)(F)C(F)(F)C(F)(F)C(F)(F)I. The van der Waals surface area contributed by atoms with Crippen LogP contribution in [-0.4, -0.2) is 27.9 Å². The molecule has 0 aliphatic carbocycles. The topological polar surface area (TPSA) is 0 Å². The van der Waals surface area contributed by atoms with Gasteiger partial charge in [0.15, 0.2) is 6.17 Å². The van der Waals surface area contributed by atoms with Crippen LogP contribution >= 0.6 is 22.6 Å². The summed E-state index contributed by atoms with van der Waals surface area (Å²) in [5.41, 5.74) is 0. The minimum Gasteiger partial charge on any atom is -0.241 e. The highest BCUT2D eigenvalue weighted by atomic mass is 127. The van der Waals surface area contributed by atoms with Crippen molar-refractivity contribution in [2.45, 2.75) is 34.8 Å². The molecule has 10 heteroatoms. The summed E-state index contributed by atoms with van der Waals surface area (Å²) in [6, 6.07) is 0. The second-order valence-corrected chi connectivity index (χ2v) is 4.24. The zero-order valence-corrected chi connectivity index (χ0v) is 9.51. The highest BCUT2D eigenvalue weighted by molar-refractivity contribution is 14.1. The van der Waals surface area contributed by atoms with Crippen molar-refractivity contribution < 1.29 is 39.5 Å². The van der Waals surface area contributed by atoms with Crippen LogP contribution in [0.2, 0.25) is 0 Å². The number of hydrogen-bond acceptors (Lipinski definition) is 0. The Morgan fingerprint density at radius 3 is 1.31 bits per heavy atom. The Hall–Kier alpha value is 0.1000. The molecular formula is C6H4F9I. The van der Waals surface area contributed by atoms with E-state index >= 15 is 0 Å². The smallest absolute Gasteiger partial charge is 0.241 e. The second kappa shape index (κ2) is 4.09. The zero-order chi connectivity index (χ0) is 13.6. The molecule has 0 fully saturated rings. The van der Waals surface area contributed by atoms with Gasteiger partial charge in [0.2, 0.25) is 0 Å². The van der Waals surface area contributed by atoms with Crippen LogP contribution in [0, 0.1) is 0 Å². The molecule has 0 aromatic heterocycles. The fourth-order valence-electron chi connectivity index (χ4n) is 0.637. The molecule has 1 unspecified atom stereocenters. The average molecular weight is 374 g/mol. The van der Waals surface area contributed by atoms with Gasteiger partial charge in [-0.3, -0.25) is 0 Å². The van der Waals surface area contributed by atoms with Crippen molar-refractivity contribution >= 4 is 22.6 Å². The summed E-state index contributed by atoms with van der Waals surface area (Å²) in [4.78, 5) is 0. The first-order chi connectivity index (χ1) is 6.69. The summed E-state index contributed by atoms with van der Waals surface area (Å²) in [6.45, 7) is -0.130. The zero-order valence-electron chi connectivity index (χ0n) is 7.36. The first kappa shape index (κ1) is 16.1. The Bertz CT molecular complexity index is 253. The van der Waals surface area contributed by atoms with Gasteiger partial charge in [-0.05, 0) is 6.92 Å². The molecule has 0 radical (unpaired) electrons. The van der Waals surface area contributed by atoms with E-state index in [0.29, 0.717) is 0 Å². The van der Waals surface area contributed by atoms with Crippen LogP contribution in [-0.2, 0) is 0 Å². The molecule has 16 heavy (non-hydrogen) atoms. The largest absolute Gasteiger partial charge is 0.387 e. The predicted octanol–water partition coefficient (Wildman–Crippen LogP) is 4.28. The lowest BCUT2D eigenvalue weighted by Crippen LogP contribution is -2.62. The van der Waals surface area contributed by atoms with Crippen LogP contribution in [0.25, 0.3) is 0 Å². The molecule has 0 saturated heterocycles. The number of alkyl halides is 10. The van der Waals surface area contributed by atoms with Crippen LogP contribution < -0.4 is 0 Å². The van der Waals surface area contributed by atoms with Crippen LogP contribution in [0.5, 0.6) is 0 Å². The summed E-state index contributed by atoms with van der Waals surface area (Å²) in [5, 5.41) is 0. The third kappa shape index (κ3) is 2.21. The molecule has 0 aliphatic heterocycles. The van der Waals surface area contributed by atoms with Gasteiger partial charge in [0.25, 0.3) is 0 Å². The lowest BCUT2D eigenvalue weighted by molar-refractivity contribution is -0.352. The monoisotopic (exact) mass is 374 g/mol. The average Bonchev–Trinajstić information content (AvgIpc) is 2.00. The second-order valence-electron chi connectivity index (χ2n) is 2.89. The highest BCUT2D eigenvalue weighted by Crippen LogP contribution is 2.55. The van der Waals surface area contributed by atoms with Crippen molar-refractivity contribution in [1.82, 2.24) is 0 Å². The van der Waals surface area contributed by atoms with Gasteiger partial charge in [0, 0.05) is 22.6 Å². The van der Waals surface area contributed by atoms with Gasteiger partial charge in [0.05, 0.1) is 0 Å². The van der Waals surface area contributed by atoms with E-state index < -0.39 is 50.5 Å². The lowest BCUT2D eigenvalue weighted by atomic mass is 10.0. The van der Waals surface area contributed by atoms with Crippen molar-refractivity contribution in [1.29, 1.82) is 0 Å². The Balaban J connectivity index is 5.53. The van der Waals surface area contributed by atoms with Crippen molar-refractivity contribution in [3.8, 4) is 0 Å². The third-order valence-corrected chi connectivity index (χ3v) is 2.35. The number of halogens is 10. The third-order valence-electron chi connectivity index (χ3n) is 1.67. The van der Waals surface area contributed by atoms with E-state index in [2.05, 4.69) is 0 Å².